The summed E-state index contributed by atoms with van der Waals surface area (Å²) in [5, 5.41) is 17.1. The van der Waals surface area contributed by atoms with Crippen LogP contribution in [0, 0.1) is 24.2 Å². The van der Waals surface area contributed by atoms with Crippen LogP contribution in [0.25, 0.3) is 16.8 Å². The van der Waals surface area contributed by atoms with E-state index in [0.717, 1.165) is 59.7 Å². The number of hydrogen-bond acceptors (Lipinski definition) is 6. The second kappa shape index (κ2) is 11.7. The number of anilines is 1. The monoisotopic (exact) mass is 535 g/mol. The van der Waals surface area contributed by atoms with E-state index in [-0.39, 0.29) is 5.91 Å². The van der Waals surface area contributed by atoms with Crippen LogP contribution in [0.4, 0.5) is 5.69 Å². The lowest BCUT2D eigenvalue weighted by Gasteiger charge is -2.22. The first-order chi connectivity index (χ1) is 19.3. The molecule has 1 aliphatic rings. The van der Waals surface area contributed by atoms with E-state index in [2.05, 4.69) is 21.5 Å². The average Bonchev–Trinajstić information content (AvgIpc) is 3.48. The van der Waals surface area contributed by atoms with Crippen LogP contribution in [-0.2, 0) is 10.2 Å². The number of nitrogens with zero attached hydrogens (tertiary/aromatic N) is 4. The van der Waals surface area contributed by atoms with Crippen LogP contribution in [0.1, 0.15) is 48.2 Å². The SMILES string of the molecule is Cc1ccc(NC(=O)c2cccc(C(C)(C)C#N)c2)cc1-n1cc(-c2cnccc2OCC2CCOCC2)cn1. The van der Waals surface area contributed by atoms with Gasteiger partial charge in [0.1, 0.15) is 5.75 Å². The normalized spacial score (nSPS) is 13.9. The molecular weight excluding hydrogens is 502 g/mol. The summed E-state index contributed by atoms with van der Waals surface area (Å²) in [5.41, 5.74) is 4.87. The highest BCUT2D eigenvalue weighted by molar-refractivity contribution is 6.04. The topological polar surface area (TPSA) is 102 Å². The zero-order valence-electron chi connectivity index (χ0n) is 23.1. The molecule has 1 fully saturated rings. The van der Waals surface area contributed by atoms with Crippen LogP contribution < -0.4 is 10.1 Å². The molecule has 0 unspecified atom stereocenters. The average molecular weight is 536 g/mol. The quantitative estimate of drug-likeness (QED) is 0.292. The van der Waals surface area contributed by atoms with Gasteiger partial charge in [0.25, 0.3) is 5.91 Å². The lowest BCUT2D eigenvalue weighted by atomic mass is 9.85. The molecule has 1 aliphatic heterocycles. The Bertz CT molecular complexity index is 1550. The summed E-state index contributed by atoms with van der Waals surface area (Å²) in [4.78, 5) is 17.4. The van der Waals surface area contributed by atoms with Gasteiger partial charge in [0.05, 0.1) is 30.0 Å². The molecule has 0 saturated carbocycles. The van der Waals surface area contributed by atoms with Crippen LogP contribution in [0.15, 0.2) is 73.3 Å². The fraction of sp³-hybridized carbons (Fsp3) is 0.312. The molecule has 5 rings (SSSR count). The number of carbonyl (C=O) groups excluding carboxylic acids is 1. The Labute approximate surface area is 234 Å². The van der Waals surface area contributed by atoms with Crippen molar-refractivity contribution < 1.29 is 14.3 Å². The lowest BCUT2D eigenvalue weighted by molar-refractivity contribution is 0.0498. The Morgan fingerprint density at radius 1 is 1.18 bits per heavy atom. The molecule has 1 N–H and O–H groups in total. The van der Waals surface area contributed by atoms with Crippen molar-refractivity contribution in [2.24, 2.45) is 5.92 Å². The van der Waals surface area contributed by atoms with Crippen molar-refractivity contribution in [3.8, 4) is 28.6 Å². The van der Waals surface area contributed by atoms with Gasteiger partial charge in [0, 0.05) is 54.2 Å². The molecule has 0 atom stereocenters. The lowest BCUT2D eigenvalue weighted by Crippen LogP contribution is -2.21. The third-order valence-electron chi connectivity index (χ3n) is 7.33. The van der Waals surface area contributed by atoms with Crippen LogP contribution >= 0.6 is 0 Å². The van der Waals surface area contributed by atoms with Crippen molar-refractivity contribution in [1.29, 1.82) is 5.26 Å². The predicted molar refractivity (Wildman–Crippen MR) is 154 cm³/mol. The van der Waals surface area contributed by atoms with Gasteiger partial charge >= 0.3 is 0 Å². The molecule has 8 heteroatoms. The summed E-state index contributed by atoms with van der Waals surface area (Å²) in [6.45, 7) is 7.89. The fourth-order valence-electron chi connectivity index (χ4n) is 4.69. The second-order valence-corrected chi connectivity index (χ2v) is 10.7. The van der Waals surface area contributed by atoms with Crippen molar-refractivity contribution in [2.75, 3.05) is 25.1 Å². The summed E-state index contributed by atoms with van der Waals surface area (Å²) in [7, 11) is 0. The standard InChI is InChI=1S/C32H33N5O3/c1-22-7-8-27(36-31(38)24-5-4-6-26(15-24)32(2,3)21-33)16-29(22)37-19-25(17-35-37)28-18-34-12-9-30(28)40-20-23-10-13-39-14-11-23/h4-9,12,15-19,23H,10-11,13-14,20H2,1-3H3,(H,36,38). The Morgan fingerprint density at radius 3 is 2.80 bits per heavy atom. The number of nitriles is 1. The van der Waals surface area contributed by atoms with Crippen LogP contribution in [0.3, 0.4) is 0 Å². The fourth-order valence-corrected chi connectivity index (χ4v) is 4.69. The number of aromatic nitrogens is 3. The minimum atomic E-state index is -0.685. The van der Waals surface area contributed by atoms with Crippen molar-refractivity contribution in [3.63, 3.8) is 0 Å². The molecule has 4 aromatic rings. The summed E-state index contributed by atoms with van der Waals surface area (Å²) in [6, 6.07) is 17.1. The number of aryl methyl sites for hydroxylation is 1. The van der Waals surface area contributed by atoms with Crippen molar-refractivity contribution in [2.45, 2.75) is 39.0 Å². The van der Waals surface area contributed by atoms with Gasteiger partial charge in [-0.05, 0) is 81.0 Å². The van der Waals surface area contributed by atoms with E-state index in [1.807, 2.05) is 57.3 Å². The Balaban J connectivity index is 1.34. The highest BCUT2D eigenvalue weighted by Crippen LogP contribution is 2.31. The maximum absolute atomic E-state index is 13.1. The van der Waals surface area contributed by atoms with Crippen LogP contribution in [0.5, 0.6) is 5.75 Å². The number of amides is 1. The van der Waals surface area contributed by atoms with E-state index in [1.165, 1.54) is 0 Å². The van der Waals surface area contributed by atoms with E-state index < -0.39 is 5.41 Å². The molecule has 1 amide bonds. The zero-order chi connectivity index (χ0) is 28.1. The van der Waals surface area contributed by atoms with Gasteiger partial charge in [-0.2, -0.15) is 10.4 Å². The van der Waals surface area contributed by atoms with Gasteiger partial charge in [-0.1, -0.05) is 18.2 Å². The summed E-state index contributed by atoms with van der Waals surface area (Å²) in [5.74, 6) is 1.02. The molecule has 0 radical (unpaired) electrons. The first-order valence-electron chi connectivity index (χ1n) is 13.5. The maximum Gasteiger partial charge on any atom is 0.255 e. The molecule has 1 saturated heterocycles. The van der Waals surface area contributed by atoms with E-state index >= 15 is 0 Å². The number of hydrogen-bond donors (Lipinski definition) is 1. The first-order valence-corrected chi connectivity index (χ1v) is 13.5. The molecule has 40 heavy (non-hydrogen) atoms. The van der Waals surface area contributed by atoms with Crippen molar-refractivity contribution in [3.05, 3.63) is 90.0 Å². The minimum Gasteiger partial charge on any atom is -0.493 e. The van der Waals surface area contributed by atoms with Gasteiger partial charge in [-0.3, -0.25) is 9.78 Å². The Morgan fingerprint density at radius 2 is 2.00 bits per heavy atom. The second-order valence-electron chi connectivity index (χ2n) is 10.7. The van der Waals surface area contributed by atoms with E-state index in [0.29, 0.717) is 23.8 Å². The molecular formula is C32H33N5O3. The van der Waals surface area contributed by atoms with Crippen molar-refractivity contribution in [1.82, 2.24) is 14.8 Å². The zero-order valence-corrected chi connectivity index (χ0v) is 23.1. The smallest absolute Gasteiger partial charge is 0.255 e. The molecule has 2 aromatic carbocycles. The van der Waals surface area contributed by atoms with Gasteiger partial charge < -0.3 is 14.8 Å². The number of ether oxygens (including phenoxy) is 2. The number of benzene rings is 2. The van der Waals surface area contributed by atoms with Gasteiger partial charge in [0.15, 0.2) is 0 Å². The predicted octanol–water partition coefficient (Wildman–Crippen LogP) is 6.10. The molecule has 0 spiro atoms. The van der Waals surface area contributed by atoms with Gasteiger partial charge in [0.2, 0.25) is 0 Å². The van der Waals surface area contributed by atoms with Gasteiger partial charge in [-0.25, -0.2) is 4.68 Å². The Kier molecular flexibility index (Phi) is 7.94. The van der Waals surface area contributed by atoms with E-state index in [9.17, 15) is 10.1 Å². The number of carbonyl (C=O) groups is 1. The van der Waals surface area contributed by atoms with Crippen molar-refractivity contribution >= 4 is 11.6 Å². The third-order valence-corrected chi connectivity index (χ3v) is 7.33. The summed E-state index contributed by atoms with van der Waals surface area (Å²) < 4.78 is 13.5. The maximum atomic E-state index is 13.1. The van der Waals surface area contributed by atoms with E-state index in [1.54, 1.807) is 41.5 Å². The largest absolute Gasteiger partial charge is 0.493 e. The first kappa shape index (κ1) is 27.1. The number of rotatable bonds is 8. The Hall–Kier alpha value is -4.48. The number of pyridine rings is 1. The van der Waals surface area contributed by atoms with Crippen LogP contribution in [0.2, 0.25) is 0 Å². The highest BCUT2D eigenvalue weighted by Gasteiger charge is 2.21. The summed E-state index contributed by atoms with van der Waals surface area (Å²) >= 11 is 0. The molecule has 2 aromatic heterocycles. The summed E-state index contributed by atoms with van der Waals surface area (Å²) in [6.07, 6.45) is 9.29. The van der Waals surface area contributed by atoms with E-state index in [4.69, 9.17) is 9.47 Å². The number of nitrogens with one attached hydrogen (secondary N) is 1. The minimum absolute atomic E-state index is 0.242. The third kappa shape index (κ3) is 6.05. The van der Waals surface area contributed by atoms with Gasteiger partial charge in [-0.15, -0.1) is 0 Å². The highest BCUT2D eigenvalue weighted by atomic mass is 16.5. The molecule has 3 heterocycles. The molecule has 0 aliphatic carbocycles. The molecule has 8 nitrogen and oxygen atoms in total. The van der Waals surface area contributed by atoms with Crippen LogP contribution in [-0.4, -0.2) is 40.5 Å². The molecule has 0 bridgehead atoms. The molecule has 204 valence electrons.